The molecule has 0 saturated heterocycles. The Morgan fingerprint density at radius 3 is 2.75 bits per heavy atom. The third-order valence-corrected chi connectivity index (χ3v) is 5.18. The van der Waals surface area contributed by atoms with Crippen LogP contribution in [0.4, 0.5) is 0 Å². The van der Waals surface area contributed by atoms with Crippen molar-refractivity contribution in [2.24, 2.45) is 0 Å². The number of nitrogens with one attached hydrogen (secondary N) is 1. The molecule has 3 nitrogen and oxygen atoms in total. The van der Waals surface area contributed by atoms with E-state index in [-0.39, 0.29) is 0 Å². The summed E-state index contributed by atoms with van der Waals surface area (Å²) >= 11 is 0. The van der Waals surface area contributed by atoms with Crippen molar-refractivity contribution in [3.8, 4) is 5.75 Å². The Labute approximate surface area is 143 Å². The van der Waals surface area contributed by atoms with Crippen molar-refractivity contribution in [3.63, 3.8) is 0 Å². The first-order valence-corrected chi connectivity index (χ1v) is 8.76. The van der Waals surface area contributed by atoms with Gasteiger partial charge in [-0.2, -0.15) is 0 Å². The molecule has 0 spiro atoms. The molecule has 3 heteroatoms. The van der Waals surface area contributed by atoms with Crippen LogP contribution in [0.3, 0.4) is 0 Å². The number of hydrogen-bond donors (Lipinski definition) is 1. The summed E-state index contributed by atoms with van der Waals surface area (Å²) in [5, 5.41) is 1.32. The molecule has 2 aromatic carbocycles. The first-order valence-electron chi connectivity index (χ1n) is 8.76. The summed E-state index contributed by atoms with van der Waals surface area (Å²) < 4.78 is 5.41. The van der Waals surface area contributed by atoms with Gasteiger partial charge in [0.25, 0.3) is 0 Å². The first kappa shape index (κ1) is 15.3. The van der Waals surface area contributed by atoms with Crippen LogP contribution in [0.1, 0.15) is 36.2 Å². The molecule has 0 amide bonds. The molecule has 0 radical (unpaired) electrons. The lowest BCUT2D eigenvalue weighted by Crippen LogP contribution is -2.34. The van der Waals surface area contributed by atoms with Gasteiger partial charge in [0, 0.05) is 29.7 Å². The molecule has 1 aromatic heterocycles. The minimum atomic E-state index is 0.451. The minimum Gasteiger partial charge on any atom is -0.497 e. The number of ether oxygens (including phenoxy) is 1. The summed E-state index contributed by atoms with van der Waals surface area (Å²) in [4.78, 5) is 6.29. The van der Waals surface area contributed by atoms with E-state index in [1.54, 1.807) is 7.11 Å². The predicted molar refractivity (Wildman–Crippen MR) is 98.4 cm³/mol. The zero-order valence-corrected chi connectivity index (χ0v) is 14.4. The van der Waals surface area contributed by atoms with Crippen LogP contribution in [0.2, 0.25) is 0 Å². The number of nitrogens with zero attached hydrogens (tertiary/aromatic N) is 1. The van der Waals surface area contributed by atoms with Gasteiger partial charge in [-0.1, -0.05) is 37.3 Å². The number of H-pyrrole nitrogens is 1. The molecule has 24 heavy (non-hydrogen) atoms. The van der Waals surface area contributed by atoms with Crippen molar-refractivity contribution < 1.29 is 4.74 Å². The largest absolute Gasteiger partial charge is 0.497 e. The smallest absolute Gasteiger partial charge is 0.119 e. The van der Waals surface area contributed by atoms with Gasteiger partial charge in [0.2, 0.25) is 0 Å². The molecule has 0 saturated carbocycles. The highest BCUT2D eigenvalue weighted by Crippen LogP contribution is 2.37. The number of methoxy groups -OCH3 is 1. The van der Waals surface area contributed by atoms with Crippen molar-refractivity contribution in [3.05, 3.63) is 65.4 Å². The van der Waals surface area contributed by atoms with Crippen LogP contribution in [-0.4, -0.2) is 23.5 Å². The molecule has 1 unspecified atom stereocenters. The van der Waals surface area contributed by atoms with Gasteiger partial charge in [-0.3, -0.25) is 4.90 Å². The van der Waals surface area contributed by atoms with Gasteiger partial charge in [-0.25, -0.2) is 0 Å². The van der Waals surface area contributed by atoms with Gasteiger partial charge in [0.1, 0.15) is 5.75 Å². The Morgan fingerprint density at radius 1 is 1.17 bits per heavy atom. The maximum absolute atomic E-state index is 5.41. The lowest BCUT2D eigenvalue weighted by atomic mass is 9.95. The minimum absolute atomic E-state index is 0.451. The monoisotopic (exact) mass is 320 g/mol. The Morgan fingerprint density at radius 2 is 2.00 bits per heavy atom. The fourth-order valence-corrected chi connectivity index (χ4v) is 3.99. The van der Waals surface area contributed by atoms with Crippen LogP contribution in [0.5, 0.6) is 5.75 Å². The van der Waals surface area contributed by atoms with Gasteiger partial charge in [-0.15, -0.1) is 0 Å². The lowest BCUT2D eigenvalue weighted by molar-refractivity contribution is 0.168. The third-order valence-electron chi connectivity index (χ3n) is 5.18. The van der Waals surface area contributed by atoms with E-state index in [1.807, 2.05) is 6.07 Å². The van der Waals surface area contributed by atoms with E-state index in [0.717, 1.165) is 31.7 Å². The standard InChI is InChI=1S/C21H24N2O/c1-3-20-21-17(18-13-16(24-2)9-10-19(18)22-21)11-12-23(20)14-15-7-5-4-6-8-15/h4-10,13,20,22H,3,11-12,14H2,1-2H3. The maximum atomic E-state index is 5.41. The summed E-state index contributed by atoms with van der Waals surface area (Å²) in [7, 11) is 1.73. The summed E-state index contributed by atoms with van der Waals surface area (Å²) in [6.45, 7) is 4.39. The predicted octanol–water partition coefficient (Wildman–Crippen LogP) is 4.69. The zero-order chi connectivity index (χ0) is 16.5. The van der Waals surface area contributed by atoms with E-state index in [1.165, 1.54) is 27.7 Å². The summed E-state index contributed by atoms with van der Waals surface area (Å²) in [5.74, 6) is 0.934. The van der Waals surface area contributed by atoms with Crippen LogP contribution in [0.15, 0.2) is 48.5 Å². The second kappa shape index (κ2) is 6.33. The molecule has 3 aromatic rings. The summed E-state index contributed by atoms with van der Waals surface area (Å²) in [5.41, 5.74) is 5.47. The van der Waals surface area contributed by atoms with Gasteiger partial charge >= 0.3 is 0 Å². The molecule has 0 fully saturated rings. The fourth-order valence-electron chi connectivity index (χ4n) is 3.99. The Bertz CT molecular complexity index is 838. The average Bonchev–Trinajstić information content (AvgIpc) is 3.00. The van der Waals surface area contributed by atoms with E-state index in [4.69, 9.17) is 4.74 Å². The second-order valence-electron chi connectivity index (χ2n) is 6.56. The van der Waals surface area contributed by atoms with Crippen LogP contribution in [0.25, 0.3) is 10.9 Å². The zero-order valence-electron chi connectivity index (χ0n) is 14.4. The molecule has 1 N–H and O–H groups in total. The highest BCUT2D eigenvalue weighted by atomic mass is 16.5. The van der Waals surface area contributed by atoms with Crippen molar-refractivity contribution in [1.82, 2.24) is 9.88 Å². The molecular formula is C21H24N2O. The molecule has 1 aliphatic heterocycles. The molecule has 0 aliphatic carbocycles. The lowest BCUT2D eigenvalue weighted by Gasteiger charge is -2.35. The van der Waals surface area contributed by atoms with Crippen molar-refractivity contribution in [2.45, 2.75) is 32.4 Å². The highest BCUT2D eigenvalue weighted by molar-refractivity contribution is 5.86. The van der Waals surface area contributed by atoms with Gasteiger partial charge in [-0.05, 0) is 42.2 Å². The highest BCUT2D eigenvalue weighted by Gasteiger charge is 2.29. The second-order valence-corrected chi connectivity index (χ2v) is 6.56. The van der Waals surface area contributed by atoms with E-state index >= 15 is 0 Å². The Hall–Kier alpha value is -2.26. The number of aromatic amines is 1. The summed E-state index contributed by atoms with van der Waals surface area (Å²) in [6, 6.07) is 17.6. The molecule has 1 atom stereocenters. The average molecular weight is 320 g/mol. The third kappa shape index (κ3) is 2.59. The molecule has 2 heterocycles. The number of hydrogen-bond acceptors (Lipinski definition) is 2. The molecule has 1 aliphatic rings. The van der Waals surface area contributed by atoms with E-state index < -0.39 is 0 Å². The molecular weight excluding hydrogens is 296 g/mol. The van der Waals surface area contributed by atoms with Gasteiger partial charge in [0.15, 0.2) is 0 Å². The van der Waals surface area contributed by atoms with Gasteiger partial charge < -0.3 is 9.72 Å². The van der Waals surface area contributed by atoms with Crippen LogP contribution in [-0.2, 0) is 13.0 Å². The molecule has 0 bridgehead atoms. The van der Waals surface area contributed by atoms with Crippen LogP contribution < -0.4 is 4.74 Å². The Kier molecular flexibility index (Phi) is 4.03. The van der Waals surface area contributed by atoms with E-state index in [9.17, 15) is 0 Å². The molecule has 124 valence electrons. The first-order chi connectivity index (χ1) is 11.8. The topological polar surface area (TPSA) is 28.3 Å². The number of fused-ring (bicyclic) bond motifs is 3. The number of aromatic nitrogens is 1. The quantitative estimate of drug-likeness (QED) is 0.755. The number of rotatable bonds is 4. The van der Waals surface area contributed by atoms with Gasteiger partial charge in [0.05, 0.1) is 13.2 Å². The Balaban J connectivity index is 1.70. The van der Waals surface area contributed by atoms with Crippen LogP contribution >= 0.6 is 0 Å². The van der Waals surface area contributed by atoms with Crippen molar-refractivity contribution in [1.29, 1.82) is 0 Å². The van der Waals surface area contributed by atoms with E-state index in [0.29, 0.717) is 6.04 Å². The van der Waals surface area contributed by atoms with E-state index in [2.05, 4.69) is 59.3 Å². The molecule has 4 rings (SSSR count). The normalized spacial score (nSPS) is 17.8. The van der Waals surface area contributed by atoms with Crippen molar-refractivity contribution in [2.75, 3.05) is 13.7 Å². The maximum Gasteiger partial charge on any atom is 0.119 e. The van der Waals surface area contributed by atoms with Crippen LogP contribution in [0, 0.1) is 0 Å². The SMILES string of the molecule is CCC1c2[nH]c3ccc(OC)cc3c2CCN1Cc1ccccc1. The van der Waals surface area contributed by atoms with Crippen molar-refractivity contribution >= 4 is 10.9 Å². The number of benzene rings is 2. The fraction of sp³-hybridized carbons (Fsp3) is 0.333. The summed E-state index contributed by atoms with van der Waals surface area (Å²) in [6.07, 6.45) is 2.20.